The summed E-state index contributed by atoms with van der Waals surface area (Å²) in [6, 6.07) is 13.8. The van der Waals surface area contributed by atoms with Crippen LogP contribution < -0.4 is 0 Å². The molecule has 1 aromatic carbocycles. The Balaban J connectivity index is 0.000000576. The fourth-order valence-electron chi connectivity index (χ4n) is 2.33. The second-order valence-corrected chi connectivity index (χ2v) is 4.32. The zero-order valence-corrected chi connectivity index (χ0v) is 13.8. The largest absolute Gasteiger partial charge is 0.305 e. The van der Waals surface area contributed by atoms with E-state index in [9.17, 15) is 0 Å². The molecule has 0 unspecified atom stereocenters. The maximum atomic E-state index is 4.37. The summed E-state index contributed by atoms with van der Waals surface area (Å²) >= 11 is 0. The van der Waals surface area contributed by atoms with Crippen molar-refractivity contribution in [3.63, 3.8) is 0 Å². The molecule has 0 N–H and O–H groups in total. The molecule has 104 valence electrons. The summed E-state index contributed by atoms with van der Waals surface area (Å²) in [6.07, 6.45) is 6.91. The standard InChI is InChI=1S/C15H14N.C2H6.Pt/c1-2-6-13-11-14(9-8-12(13)5-1)15-7-3-4-10-16-15;1-2;/h3-4,7-8,10-11H,1-2,5-6H2;1-2H3;/q-1;;. The van der Waals surface area contributed by atoms with Gasteiger partial charge < -0.3 is 4.98 Å². The molecule has 0 bridgehead atoms. The molecule has 0 amide bonds. The van der Waals surface area contributed by atoms with Crippen molar-refractivity contribution in [1.82, 2.24) is 4.98 Å². The normalized spacial score (nSPS) is 12.5. The predicted molar refractivity (Wildman–Crippen MR) is 76.5 cm³/mol. The van der Waals surface area contributed by atoms with E-state index in [2.05, 4.69) is 23.2 Å². The topological polar surface area (TPSA) is 12.9 Å². The molecule has 0 saturated carbocycles. The molecule has 3 rings (SSSR count). The molecule has 1 nitrogen and oxygen atoms in total. The minimum atomic E-state index is 0. The zero-order valence-electron chi connectivity index (χ0n) is 11.6. The van der Waals surface area contributed by atoms with Crippen LogP contribution in [0, 0.1) is 6.07 Å². The number of hydrogen-bond donors (Lipinski definition) is 0. The average molecular weight is 433 g/mol. The molecule has 1 aromatic heterocycles. The molecule has 0 radical (unpaired) electrons. The molecule has 2 heteroatoms. The van der Waals surface area contributed by atoms with Gasteiger partial charge in [-0.25, -0.2) is 0 Å². The first-order valence-corrected chi connectivity index (χ1v) is 6.88. The summed E-state index contributed by atoms with van der Waals surface area (Å²) in [4.78, 5) is 4.37. The molecule has 0 saturated heterocycles. The summed E-state index contributed by atoms with van der Waals surface area (Å²) in [5, 5.41) is 0. The van der Waals surface area contributed by atoms with Crippen LogP contribution in [0.4, 0.5) is 0 Å². The van der Waals surface area contributed by atoms with E-state index in [-0.39, 0.29) is 21.1 Å². The fraction of sp³-hybridized carbons (Fsp3) is 0.353. The van der Waals surface area contributed by atoms with Crippen molar-refractivity contribution in [2.24, 2.45) is 0 Å². The average Bonchev–Trinajstić information content (AvgIpc) is 2.50. The Morgan fingerprint density at radius 1 is 1.05 bits per heavy atom. The van der Waals surface area contributed by atoms with Gasteiger partial charge in [0.05, 0.1) is 0 Å². The van der Waals surface area contributed by atoms with Crippen LogP contribution >= 0.6 is 0 Å². The van der Waals surface area contributed by atoms with Crippen LogP contribution in [0.25, 0.3) is 11.3 Å². The second kappa shape index (κ2) is 8.27. The second-order valence-electron chi connectivity index (χ2n) is 4.32. The Morgan fingerprint density at radius 3 is 2.47 bits per heavy atom. The molecule has 2 aromatic rings. The number of rotatable bonds is 1. The first kappa shape index (κ1) is 16.1. The Hall–Kier alpha value is -0.942. The zero-order chi connectivity index (χ0) is 12.8. The number of aryl methyl sites for hydroxylation is 2. The van der Waals surface area contributed by atoms with Gasteiger partial charge in [0.1, 0.15) is 0 Å². The van der Waals surface area contributed by atoms with Gasteiger partial charge in [-0.05, 0) is 18.2 Å². The monoisotopic (exact) mass is 433 g/mol. The molecule has 0 spiro atoms. The number of hydrogen-bond acceptors (Lipinski definition) is 1. The van der Waals surface area contributed by atoms with Gasteiger partial charge in [0, 0.05) is 27.3 Å². The number of pyridine rings is 1. The number of nitrogens with zero attached hydrogens (tertiary/aromatic N) is 1. The van der Waals surface area contributed by atoms with Gasteiger partial charge in [-0.15, -0.1) is 34.9 Å². The van der Waals surface area contributed by atoms with E-state index in [0.717, 1.165) is 11.3 Å². The molecule has 19 heavy (non-hydrogen) atoms. The summed E-state index contributed by atoms with van der Waals surface area (Å²) in [7, 11) is 0. The van der Waals surface area contributed by atoms with Gasteiger partial charge in [0.25, 0.3) is 0 Å². The van der Waals surface area contributed by atoms with Crippen molar-refractivity contribution < 1.29 is 21.1 Å². The van der Waals surface area contributed by atoms with Crippen LogP contribution in [0.3, 0.4) is 0 Å². The molecule has 1 aliphatic rings. The third-order valence-corrected chi connectivity index (χ3v) is 3.22. The van der Waals surface area contributed by atoms with E-state index < -0.39 is 0 Å². The van der Waals surface area contributed by atoms with Crippen molar-refractivity contribution in [3.05, 3.63) is 53.7 Å². The van der Waals surface area contributed by atoms with E-state index in [1.54, 1.807) is 0 Å². The molecule has 1 aliphatic carbocycles. The summed E-state index contributed by atoms with van der Waals surface area (Å²) in [5.74, 6) is 0. The summed E-state index contributed by atoms with van der Waals surface area (Å²) in [6.45, 7) is 4.00. The van der Waals surface area contributed by atoms with E-state index in [4.69, 9.17) is 0 Å². The number of benzene rings is 1. The van der Waals surface area contributed by atoms with Crippen LogP contribution in [0.2, 0.25) is 0 Å². The van der Waals surface area contributed by atoms with Gasteiger partial charge in [0.15, 0.2) is 0 Å². The first-order valence-electron chi connectivity index (χ1n) is 6.88. The van der Waals surface area contributed by atoms with E-state index in [0.29, 0.717) is 0 Å². The third kappa shape index (κ3) is 4.01. The molecular formula is C17H20NPt-. The Bertz CT molecular complexity index is 494. The maximum Gasteiger partial charge on any atom is 0.0160 e. The van der Waals surface area contributed by atoms with Crippen LogP contribution in [0.15, 0.2) is 36.5 Å². The summed E-state index contributed by atoms with van der Waals surface area (Å²) < 4.78 is 0. The first-order chi connectivity index (χ1) is 8.93. The van der Waals surface area contributed by atoms with Crippen LogP contribution in [0.1, 0.15) is 37.8 Å². The van der Waals surface area contributed by atoms with Crippen LogP contribution in [0.5, 0.6) is 0 Å². The molecule has 0 atom stereocenters. The van der Waals surface area contributed by atoms with Gasteiger partial charge in [-0.1, -0.05) is 45.2 Å². The van der Waals surface area contributed by atoms with E-state index in [1.165, 1.54) is 36.8 Å². The van der Waals surface area contributed by atoms with Crippen molar-refractivity contribution in [3.8, 4) is 11.3 Å². The van der Waals surface area contributed by atoms with Crippen molar-refractivity contribution in [2.75, 3.05) is 0 Å². The van der Waals surface area contributed by atoms with Gasteiger partial charge >= 0.3 is 0 Å². The Kier molecular flexibility index (Phi) is 7.02. The Morgan fingerprint density at radius 2 is 1.79 bits per heavy atom. The van der Waals surface area contributed by atoms with E-state index in [1.807, 2.05) is 38.2 Å². The van der Waals surface area contributed by atoms with Gasteiger partial charge in [0.2, 0.25) is 0 Å². The summed E-state index contributed by atoms with van der Waals surface area (Å²) in [5.41, 5.74) is 5.12. The Labute approximate surface area is 130 Å². The van der Waals surface area contributed by atoms with Gasteiger partial charge in [-0.3, -0.25) is 0 Å². The molecular weight excluding hydrogens is 413 g/mol. The minimum Gasteiger partial charge on any atom is -0.305 e. The van der Waals surface area contributed by atoms with Crippen molar-refractivity contribution >= 4 is 0 Å². The molecule has 0 aliphatic heterocycles. The van der Waals surface area contributed by atoms with Crippen LogP contribution in [-0.2, 0) is 33.9 Å². The number of aromatic nitrogens is 1. The predicted octanol–water partition coefficient (Wildman–Crippen LogP) is 4.45. The fourth-order valence-corrected chi connectivity index (χ4v) is 2.33. The SMILES string of the molecule is CC.[Pt].[c-]1cc2c(cc1-c1ccccn1)CCCC2. The molecule has 0 fully saturated rings. The van der Waals surface area contributed by atoms with Crippen molar-refractivity contribution in [1.29, 1.82) is 0 Å². The smallest absolute Gasteiger partial charge is 0.0160 e. The van der Waals surface area contributed by atoms with Gasteiger partial charge in [-0.2, -0.15) is 0 Å². The van der Waals surface area contributed by atoms with E-state index >= 15 is 0 Å². The van der Waals surface area contributed by atoms with Crippen molar-refractivity contribution in [2.45, 2.75) is 39.5 Å². The minimum absolute atomic E-state index is 0. The maximum absolute atomic E-state index is 4.37. The molecule has 1 heterocycles. The number of fused-ring (bicyclic) bond motifs is 1. The van der Waals surface area contributed by atoms with Crippen LogP contribution in [-0.4, -0.2) is 4.98 Å². The third-order valence-electron chi connectivity index (χ3n) is 3.22. The quantitative estimate of drug-likeness (QED) is 0.606.